The van der Waals surface area contributed by atoms with Crippen LogP contribution in [0.3, 0.4) is 0 Å². The van der Waals surface area contributed by atoms with Crippen LogP contribution in [0.4, 0.5) is 0 Å². The van der Waals surface area contributed by atoms with Crippen molar-refractivity contribution in [2.24, 2.45) is 5.92 Å². The van der Waals surface area contributed by atoms with Gasteiger partial charge in [-0.3, -0.25) is 14.3 Å². The van der Waals surface area contributed by atoms with Crippen molar-refractivity contribution in [1.82, 2.24) is 20.0 Å². The molecule has 8 nitrogen and oxygen atoms in total. The van der Waals surface area contributed by atoms with E-state index in [2.05, 4.69) is 17.3 Å². The Morgan fingerprint density at radius 3 is 2.48 bits per heavy atom. The number of amides is 2. The minimum Gasteiger partial charge on any atom is -0.464 e. The number of benzene rings is 1. The number of aryl methyl sites for hydroxylation is 1. The number of nitrogens with zero attached hydrogens (tertiary/aromatic N) is 3. The number of esters is 1. The SMILES string of the molecule is COC(=O)c1cc2n(n1)C[C@@](C)(C(=O)NC1CCC(C)CC1)N(Cc1ccc(C)cc1)C2=O. The van der Waals surface area contributed by atoms with E-state index >= 15 is 0 Å². The molecule has 8 heteroatoms. The van der Waals surface area contributed by atoms with Crippen molar-refractivity contribution in [3.8, 4) is 0 Å². The van der Waals surface area contributed by atoms with Crippen molar-refractivity contribution < 1.29 is 19.1 Å². The fourth-order valence-corrected chi connectivity index (χ4v) is 4.72. The number of aromatic nitrogens is 2. The fourth-order valence-electron chi connectivity index (χ4n) is 4.72. The van der Waals surface area contributed by atoms with E-state index in [4.69, 9.17) is 4.74 Å². The lowest BCUT2D eigenvalue weighted by Gasteiger charge is -2.44. The lowest BCUT2D eigenvalue weighted by molar-refractivity contribution is -0.134. The van der Waals surface area contributed by atoms with Gasteiger partial charge in [-0.2, -0.15) is 5.10 Å². The zero-order valence-corrected chi connectivity index (χ0v) is 19.8. The Kier molecular flexibility index (Phi) is 6.28. The normalized spacial score (nSPS) is 24.8. The number of carbonyl (C=O) groups excluding carboxylic acids is 3. The van der Waals surface area contributed by atoms with Gasteiger partial charge in [0.25, 0.3) is 5.91 Å². The summed E-state index contributed by atoms with van der Waals surface area (Å²) in [6.07, 6.45) is 4.04. The lowest BCUT2D eigenvalue weighted by atomic mass is 9.86. The molecule has 0 spiro atoms. The second-order valence-corrected chi connectivity index (χ2v) is 9.65. The van der Waals surface area contributed by atoms with E-state index in [1.807, 2.05) is 31.2 Å². The zero-order valence-electron chi connectivity index (χ0n) is 19.8. The van der Waals surface area contributed by atoms with Crippen LogP contribution < -0.4 is 5.32 Å². The third-order valence-corrected chi connectivity index (χ3v) is 6.99. The molecule has 2 aromatic rings. The summed E-state index contributed by atoms with van der Waals surface area (Å²) in [5.74, 6) is -0.466. The quantitative estimate of drug-likeness (QED) is 0.704. The van der Waals surface area contributed by atoms with Crippen LogP contribution in [0.1, 0.15) is 71.6 Å². The molecule has 1 aromatic carbocycles. The topological polar surface area (TPSA) is 93.5 Å². The monoisotopic (exact) mass is 452 g/mol. The Morgan fingerprint density at radius 2 is 1.85 bits per heavy atom. The number of ether oxygens (including phenoxy) is 1. The van der Waals surface area contributed by atoms with E-state index in [-0.39, 0.29) is 42.3 Å². The fraction of sp³-hybridized carbons (Fsp3) is 0.520. The van der Waals surface area contributed by atoms with Crippen LogP contribution in [0.15, 0.2) is 30.3 Å². The van der Waals surface area contributed by atoms with E-state index in [1.54, 1.807) is 11.8 Å². The van der Waals surface area contributed by atoms with Crippen molar-refractivity contribution in [2.45, 2.75) is 71.1 Å². The molecule has 2 heterocycles. The third kappa shape index (κ3) is 4.51. The van der Waals surface area contributed by atoms with Crippen LogP contribution in [0.25, 0.3) is 0 Å². The number of hydrogen-bond acceptors (Lipinski definition) is 5. The van der Waals surface area contributed by atoms with E-state index < -0.39 is 11.5 Å². The highest BCUT2D eigenvalue weighted by molar-refractivity contribution is 6.01. The van der Waals surface area contributed by atoms with Gasteiger partial charge in [0.15, 0.2) is 5.69 Å². The van der Waals surface area contributed by atoms with Crippen molar-refractivity contribution in [1.29, 1.82) is 0 Å². The van der Waals surface area contributed by atoms with Gasteiger partial charge in [-0.25, -0.2) is 4.79 Å². The molecule has 1 fully saturated rings. The molecule has 1 N–H and O–H groups in total. The molecule has 0 saturated heterocycles. The predicted molar refractivity (Wildman–Crippen MR) is 123 cm³/mol. The average Bonchev–Trinajstić information content (AvgIpc) is 3.22. The summed E-state index contributed by atoms with van der Waals surface area (Å²) >= 11 is 0. The largest absolute Gasteiger partial charge is 0.464 e. The van der Waals surface area contributed by atoms with Gasteiger partial charge in [0.2, 0.25) is 5.91 Å². The van der Waals surface area contributed by atoms with Gasteiger partial charge >= 0.3 is 5.97 Å². The van der Waals surface area contributed by atoms with Crippen molar-refractivity contribution >= 4 is 17.8 Å². The molecule has 2 amide bonds. The van der Waals surface area contributed by atoms with E-state index in [0.717, 1.165) is 36.8 Å². The summed E-state index contributed by atoms with van der Waals surface area (Å²) in [6, 6.07) is 9.46. The molecule has 176 valence electrons. The summed E-state index contributed by atoms with van der Waals surface area (Å²) in [7, 11) is 1.27. The summed E-state index contributed by atoms with van der Waals surface area (Å²) in [6.45, 7) is 6.46. The second-order valence-electron chi connectivity index (χ2n) is 9.65. The first-order valence-electron chi connectivity index (χ1n) is 11.6. The first-order chi connectivity index (χ1) is 15.7. The number of rotatable bonds is 5. The Bertz CT molecular complexity index is 1050. The molecule has 2 aliphatic rings. The van der Waals surface area contributed by atoms with Gasteiger partial charge in [0.05, 0.1) is 13.7 Å². The summed E-state index contributed by atoms with van der Waals surface area (Å²) in [4.78, 5) is 40.9. The third-order valence-electron chi connectivity index (χ3n) is 6.99. The van der Waals surface area contributed by atoms with E-state index in [1.165, 1.54) is 17.9 Å². The van der Waals surface area contributed by atoms with Crippen molar-refractivity contribution in [2.75, 3.05) is 7.11 Å². The molecule has 0 radical (unpaired) electrons. The highest BCUT2D eigenvalue weighted by Gasteiger charge is 2.48. The number of methoxy groups -OCH3 is 1. The minimum absolute atomic E-state index is 0.0575. The van der Waals surface area contributed by atoms with Gasteiger partial charge in [0.1, 0.15) is 11.2 Å². The maximum Gasteiger partial charge on any atom is 0.358 e. The van der Waals surface area contributed by atoms with Gasteiger partial charge < -0.3 is 15.0 Å². The smallest absolute Gasteiger partial charge is 0.358 e. The molecular formula is C25H32N4O4. The van der Waals surface area contributed by atoms with E-state index in [0.29, 0.717) is 5.92 Å². The van der Waals surface area contributed by atoms with Gasteiger partial charge in [-0.15, -0.1) is 0 Å². The zero-order chi connectivity index (χ0) is 23.8. The maximum absolute atomic E-state index is 13.6. The summed E-state index contributed by atoms with van der Waals surface area (Å²) in [5, 5.41) is 7.48. The van der Waals surface area contributed by atoms with Gasteiger partial charge in [-0.1, -0.05) is 36.8 Å². The lowest BCUT2D eigenvalue weighted by Crippen LogP contribution is -2.64. The maximum atomic E-state index is 13.6. The highest BCUT2D eigenvalue weighted by atomic mass is 16.5. The number of hydrogen-bond donors (Lipinski definition) is 1. The predicted octanol–water partition coefficient (Wildman–Crippen LogP) is 3.09. The van der Waals surface area contributed by atoms with Crippen LogP contribution >= 0.6 is 0 Å². The molecule has 1 aliphatic carbocycles. The summed E-state index contributed by atoms with van der Waals surface area (Å²) < 4.78 is 6.23. The Morgan fingerprint density at radius 1 is 1.18 bits per heavy atom. The molecule has 0 bridgehead atoms. The number of nitrogens with one attached hydrogen (secondary N) is 1. The highest BCUT2D eigenvalue weighted by Crippen LogP contribution is 2.31. The Hall–Kier alpha value is -3.16. The summed E-state index contributed by atoms with van der Waals surface area (Å²) in [5.41, 5.74) is 1.23. The average molecular weight is 453 g/mol. The molecular weight excluding hydrogens is 420 g/mol. The van der Waals surface area contributed by atoms with Crippen LogP contribution in [0, 0.1) is 12.8 Å². The molecule has 1 aromatic heterocycles. The number of carbonyl (C=O) groups is 3. The first-order valence-corrected chi connectivity index (χ1v) is 11.6. The van der Waals surface area contributed by atoms with Gasteiger partial charge in [0, 0.05) is 18.7 Å². The molecule has 0 unspecified atom stereocenters. The first kappa shape index (κ1) is 23.0. The van der Waals surface area contributed by atoms with Crippen LogP contribution in [-0.4, -0.2) is 51.2 Å². The molecule has 1 atom stereocenters. The standard InChI is InChI=1S/C25H32N4O4/c1-16-5-9-18(10-6-16)14-28-22(30)21-13-20(23(31)33-4)27-29(21)15-25(28,3)24(32)26-19-11-7-17(2)8-12-19/h5-6,9-10,13,17,19H,7-8,11-12,14-15H2,1-4H3,(H,26,32)/t17?,19?,25-/m0/s1. The molecule has 1 saturated carbocycles. The van der Waals surface area contributed by atoms with Crippen molar-refractivity contribution in [3.63, 3.8) is 0 Å². The van der Waals surface area contributed by atoms with Crippen LogP contribution in [0.2, 0.25) is 0 Å². The molecule has 33 heavy (non-hydrogen) atoms. The van der Waals surface area contributed by atoms with E-state index in [9.17, 15) is 14.4 Å². The van der Waals surface area contributed by atoms with Gasteiger partial charge in [-0.05, 0) is 51.0 Å². The van der Waals surface area contributed by atoms with Crippen LogP contribution in [-0.2, 0) is 22.6 Å². The molecule has 1 aliphatic heterocycles. The van der Waals surface area contributed by atoms with Crippen LogP contribution in [0.5, 0.6) is 0 Å². The minimum atomic E-state index is -1.16. The van der Waals surface area contributed by atoms with Crippen molar-refractivity contribution in [3.05, 3.63) is 52.8 Å². The second kappa shape index (κ2) is 9.00. The Labute approximate surface area is 194 Å². The Balaban J connectivity index is 1.66. The number of fused-ring (bicyclic) bond motifs is 1. The molecule has 4 rings (SSSR count).